The molecule has 0 aliphatic rings. The third-order valence-electron chi connectivity index (χ3n) is 3.17. The molecule has 0 atom stereocenters. The van der Waals surface area contributed by atoms with Crippen molar-refractivity contribution in [2.75, 3.05) is 11.9 Å². The highest BCUT2D eigenvalue weighted by Gasteiger charge is 2.10. The first-order valence-electron chi connectivity index (χ1n) is 6.91. The van der Waals surface area contributed by atoms with E-state index >= 15 is 0 Å². The Labute approximate surface area is 147 Å². The minimum atomic E-state index is -0.453. The van der Waals surface area contributed by atoms with Crippen molar-refractivity contribution in [3.8, 4) is 0 Å². The smallest absolute Gasteiger partial charge is 0.310 e. The molecule has 1 amide bonds. The van der Waals surface area contributed by atoms with Crippen molar-refractivity contribution in [2.45, 2.75) is 13.3 Å². The first-order valence-corrected chi connectivity index (χ1v) is 8.08. The van der Waals surface area contributed by atoms with Crippen LogP contribution in [0.5, 0.6) is 0 Å². The minimum Gasteiger partial charge on any atom is -0.455 e. The molecule has 0 aromatic heterocycles. The van der Waals surface area contributed by atoms with E-state index in [1.165, 1.54) is 0 Å². The molecule has 0 fully saturated rings. The Hall–Kier alpha value is -1.85. The van der Waals surface area contributed by atoms with Crippen molar-refractivity contribution in [1.82, 2.24) is 0 Å². The van der Waals surface area contributed by atoms with Crippen molar-refractivity contribution in [1.29, 1.82) is 0 Å². The predicted octanol–water partition coefficient (Wildman–Crippen LogP) is 4.14. The first kappa shape index (κ1) is 17.5. The van der Waals surface area contributed by atoms with E-state index in [9.17, 15) is 9.59 Å². The average Bonchev–Trinajstić information content (AvgIpc) is 2.52. The van der Waals surface area contributed by atoms with Gasteiger partial charge in [-0.3, -0.25) is 9.59 Å². The average molecular weight is 397 g/mol. The van der Waals surface area contributed by atoms with E-state index in [1.807, 2.05) is 24.3 Å². The van der Waals surface area contributed by atoms with Gasteiger partial charge >= 0.3 is 5.97 Å². The Morgan fingerprint density at radius 1 is 1.17 bits per heavy atom. The molecule has 0 unspecified atom stereocenters. The third kappa shape index (κ3) is 5.37. The zero-order valence-corrected chi connectivity index (χ0v) is 14.8. The van der Waals surface area contributed by atoms with Gasteiger partial charge in [0.2, 0.25) is 0 Å². The maximum absolute atomic E-state index is 11.8. The van der Waals surface area contributed by atoms with Crippen molar-refractivity contribution in [2.24, 2.45) is 0 Å². The van der Waals surface area contributed by atoms with Gasteiger partial charge in [0, 0.05) is 15.2 Å². The van der Waals surface area contributed by atoms with Crippen molar-refractivity contribution >= 4 is 45.1 Å². The van der Waals surface area contributed by atoms with Crippen LogP contribution in [0.3, 0.4) is 0 Å². The SMILES string of the molecule is Cc1c(Cl)cccc1NC(=O)COC(=O)Cc1ccc(Br)cc1. The fourth-order valence-electron chi connectivity index (χ4n) is 1.90. The Morgan fingerprint density at radius 3 is 2.57 bits per heavy atom. The highest BCUT2D eigenvalue weighted by Crippen LogP contribution is 2.22. The van der Waals surface area contributed by atoms with Crippen molar-refractivity contribution in [3.63, 3.8) is 0 Å². The largest absolute Gasteiger partial charge is 0.455 e. The zero-order valence-electron chi connectivity index (χ0n) is 12.4. The topological polar surface area (TPSA) is 55.4 Å². The second-order valence-corrected chi connectivity index (χ2v) is 6.25. The van der Waals surface area contributed by atoms with Gasteiger partial charge in [-0.1, -0.05) is 45.7 Å². The molecule has 0 heterocycles. The van der Waals surface area contributed by atoms with Gasteiger partial charge in [0.15, 0.2) is 6.61 Å². The molecular formula is C17H15BrClNO3. The number of benzene rings is 2. The summed E-state index contributed by atoms with van der Waals surface area (Å²) in [5.74, 6) is -0.857. The van der Waals surface area contributed by atoms with Crippen LogP contribution in [0.4, 0.5) is 5.69 Å². The summed E-state index contributed by atoms with van der Waals surface area (Å²) < 4.78 is 5.92. The number of hydrogen-bond donors (Lipinski definition) is 1. The van der Waals surface area contributed by atoms with E-state index in [0.717, 1.165) is 15.6 Å². The molecule has 2 rings (SSSR count). The van der Waals surface area contributed by atoms with Crippen LogP contribution in [0.25, 0.3) is 0 Å². The lowest BCUT2D eigenvalue weighted by Crippen LogP contribution is -2.22. The van der Waals surface area contributed by atoms with Crippen LogP contribution in [0.1, 0.15) is 11.1 Å². The van der Waals surface area contributed by atoms with Gasteiger partial charge < -0.3 is 10.1 Å². The maximum atomic E-state index is 11.8. The highest BCUT2D eigenvalue weighted by atomic mass is 79.9. The highest BCUT2D eigenvalue weighted by molar-refractivity contribution is 9.10. The summed E-state index contributed by atoms with van der Waals surface area (Å²) in [6.45, 7) is 1.47. The molecule has 23 heavy (non-hydrogen) atoms. The molecule has 0 aliphatic carbocycles. The van der Waals surface area contributed by atoms with Gasteiger partial charge in [-0.05, 0) is 42.3 Å². The Balaban J connectivity index is 1.83. The third-order valence-corrected chi connectivity index (χ3v) is 4.11. The van der Waals surface area contributed by atoms with Crippen LogP contribution in [0.15, 0.2) is 46.9 Å². The lowest BCUT2D eigenvalue weighted by molar-refractivity contribution is -0.146. The number of ether oxygens (including phenoxy) is 1. The first-order chi connectivity index (χ1) is 11.0. The van der Waals surface area contributed by atoms with E-state index in [2.05, 4.69) is 21.2 Å². The maximum Gasteiger partial charge on any atom is 0.310 e. The quantitative estimate of drug-likeness (QED) is 0.773. The second kappa shape index (κ2) is 8.13. The molecule has 1 N–H and O–H groups in total. The molecule has 0 radical (unpaired) electrons. The summed E-state index contributed by atoms with van der Waals surface area (Å²) in [5.41, 5.74) is 2.19. The second-order valence-electron chi connectivity index (χ2n) is 4.92. The number of esters is 1. The number of anilines is 1. The predicted molar refractivity (Wildman–Crippen MR) is 93.6 cm³/mol. The fourth-order valence-corrected chi connectivity index (χ4v) is 2.33. The number of amides is 1. The molecule has 0 aliphatic heterocycles. The summed E-state index contributed by atoms with van der Waals surface area (Å²) in [4.78, 5) is 23.6. The number of hydrogen-bond acceptors (Lipinski definition) is 3. The van der Waals surface area contributed by atoms with Crippen LogP contribution in [0, 0.1) is 6.92 Å². The fraction of sp³-hybridized carbons (Fsp3) is 0.176. The van der Waals surface area contributed by atoms with Crippen molar-refractivity contribution in [3.05, 3.63) is 63.1 Å². The number of rotatable bonds is 5. The molecule has 0 saturated heterocycles. The van der Waals surface area contributed by atoms with Crippen LogP contribution < -0.4 is 5.32 Å². The zero-order chi connectivity index (χ0) is 16.8. The van der Waals surface area contributed by atoms with Gasteiger partial charge in [-0.2, -0.15) is 0 Å². The van der Waals surface area contributed by atoms with E-state index in [4.69, 9.17) is 16.3 Å². The Kier molecular flexibility index (Phi) is 6.19. The molecular weight excluding hydrogens is 382 g/mol. The lowest BCUT2D eigenvalue weighted by Gasteiger charge is -2.10. The van der Waals surface area contributed by atoms with Crippen molar-refractivity contribution < 1.29 is 14.3 Å². The number of halogens is 2. The molecule has 6 heteroatoms. The van der Waals surface area contributed by atoms with Gasteiger partial charge in [-0.15, -0.1) is 0 Å². The van der Waals surface area contributed by atoms with E-state index in [-0.39, 0.29) is 13.0 Å². The number of nitrogens with one attached hydrogen (secondary N) is 1. The monoisotopic (exact) mass is 395 g/mol. The summed E-state index contributed by atoms with van der Waals surface area (Å²) in [6, 6.07) is 12.5. The van der Waals surface area contributed by atoms with Gasteiger partial charge in [-0.25, -0.2) is 0 Å². The van der Waals surface area contributed by atoms with Gasteiger partial charge in [0.1, 0.15) is 0 Å². The summed E-state index contributed by atoms with van der Waals surface area (Å²) in [5, 5.41) is 3.24. The Morgan fingerprint density at radius 2 is 1.87 bits per heavy atom. The van der Waals surface area contributed by atoms with E-state index in [1.54, 1.807) is 25.1 Å². The summed E-state index contributed by atoms with van der Waals surface area (Å²) in [6.07, 6.45) is 0.122. The van der Waals surface area contributed by atoms with Crippen LogP contribution in [-0.4, -0.2) is 18.5 Å². The minimum absolute atomic E-state index is 0.122. The summed E-state index contributed by atoms with van der Waals surface area (Å²) >= 11 is 9.31. The van der Waals surface area contributed by atoms with Gasteiger partial charge in [0.25, 0.3) is 5.91 Å². The van der Waals surface area contributed by atoms with Crippen LogP contribution in [-0.2, 0) is 20.7 Å². The molecule has 120 valence electrons. The molecule has 2 aromatic carbocycles. The molecule has 4 nitrogen and oxygen atoms in total. The molecule has 2 aromatic rings. The van der Waals surface area contributed by atoms with E-state index in [0.29, 0.717) is 10.7 Å². The molecule has 0 saturated carbocycles. The standard InChI is InChI=1S/C17H15BrClNO3/c1-11-14(19)3-2-4-15(11)20-16(21)10-23-17(22)9-12-5-7-13(18)8-6-12/h2-8H,9-10H2,1H3,(H,20,21). The van der Waals surface area contributed by atoms with Crippen LogP contribution >= 0.6 is 27.5 Å². The molecule has 0 spiro atoms. The number of carbonyl (C=O) groups excluding carboxylic acids is 2. The Bertz CT molecular complexity index is 716. The van der Waals surface area contributed by atoms with E-state index < -0.39 is 11.9 Å². The van der Waals surface area contributed by atoms with Crippen LogP contribution in [0.2, 0.25) is 5.02 Å². The molecule has 0 bridgehead atoms. The normalized spacial score (nSPS) is 10.2. The summed E-state index contributed by atoms with van der Waals surface area (Å²) in [7, 11) is 0. The lowest BCUT2D eigenvalue weighted by atomic mass is 10.2. The van der Waals surface area contributed by atoms with Gasteiger partial charge in [0.05, 0.1) is 6.42 Å². The number of carbonyl (C=O) groups is 2.